The zero-order valence-electron chi connectivity index (χ0n) is 46.0. The Labute approximate surface area is 496 Å². The second-order valence-electron chi connectivity index (χ2n) is 17.7. The van der Waals surface area contributed by atoms with Crippen LogP contribution in [0.3, 0.4) is 0 Å². The highest BCUT2D eigenvalue weighted by molar-refractivity contribution is 8.03. The zero-order valence-corrected chi connectivity index (χ0v) is 47.6. The number of furan rings is 1. The fourth-order valence-corrected chi connectivity index (χ4v) is 8.71. The molecule has 3 aliphatic heterocycles. The Morgan fingerprint density at radius 3 is 1.72 bits per heavy atom. The summed E-state index contributed by atoms with van der Waals surface area (Å²) in [7, 11) is 4.81. The molecule has 14 N–H and O–H groups in total. The number of ether oxygens (including phenoxy) is 6. The highest BCUT2D eigenvalue weighted by Gasteiger charge is 2.25. The summed E-state index contributed by atoms with van der Waals surface area (Å²) in [5.74, 6) is 2.48. The van der Waals surface area contributed by atoms with Gasteiger partial charge >= 0.3 is 11.8 Å². The molecule has 23 nitrogen and oxygen atoms in total. The third-order valence-corrected chi connectivity index (χ3v) is 13.2. The van der Waals surface area contributed by atoms with Gasteiger partial charge in [-0.1, -0.05) is 18.3 Å². The number of primary amides is 3. The average molecular weight is 1190 g/mol. The van der Waals surface area contributed by atoms with E-state index in [0.717, 1.165) is 93.3 Å². The highest BCUT2D eigenvalue weighted by atomic mass is 32.2. The van der Waals surface area contributed by atoms with Crippen LogP contribution in [0.4, 0.5) is 5.69 Å². The number of nitrogens with one attached hydrogen (secondary N) is 1. The van der Waals surface area contributed by atoms with E-state index in [1.165, 1.54) is 10.1 Å². The molecule has 0 bridgehead atoms. The number of nitrogens with two attached hydrogens (primary N) is 3. The molecular formula is C60H59N9O14S2. The number of benzene rings is 7. The van der Waals surface area contributed by atoms with Gasteiger partial charge in [0, 0.05) is 65.2 Å². The second-order valence-corrected chi connectivity index (χ2v) is 19.0. The maximum absolute atomic E-state index is 11.8. The average Bonchev–Trinajstić information content (AvgIpc) is 2.17. The van der Waals surface area contributed by atoms with E-state index in [2.05, 4.69) is 27.0 Å². The minimum Gasteiger partial charge on any atom is -0.508 e. The Morgan fingerprint density at radius 2 is 1.15 bits per heavy atom. The lowest BCUT2D eigenvalue weighted by molar-refractivity contribution is -0.135. The number of methoxy groups -OCH3 is 3. The minimum absolute atomic E-state index is 0. The van der Waals surface area contributed by atoms with Gasteiger partial charge in [-0.3, -0.25) is 19.0 Å². The van der Waals surface area contributed by atoms with Gasteiger partial charge in [-0.25, -0.2) is 0 Å². The van der Waals surface area contributed by atoms with Crippen LogP contribution in [0.15, 0.2) is 155 Å². The van der Waals surface area contributed by atoms with Crippen LogP contribution in [0.25, 0.3) is 28.0 Å². The van der Waals surface area contributed by atoms with E-state index < -0.39 is 17.7 Å². The molecule has 5 heterocycles. The van der Waals surface area contributed by atoms with Crippen LogP contribution >= 0.6 is 24.0 Å². The highest BCUT2D eigenvalue weighted by Crippen LogP contribution is 2.39. The van der Waals surface area contributed by atoms with E-state index in [9.17, 15) is 24.6 Å². The van der Waals surface area contributed by atoms with Crippen LogP contribution in [-0.2, 0) is 28.9 Å². The summed E-state index contributed by atoms with van der Waals surface area (Å²) in [5, 5.41) is 61.0. The maximum atomic E-state index is 11.8. The number of hydrogen-bond acceptors (Lipinski definition) is 20. The van der Waals surface area contributed by atoms with Gasteiger partial charge in [0.15, 0.2) is 5.82 Å². The zero-order chi connectivity index (χ0) is 60.3. The number of nitrogens with zero attached hydrogens (tertiary/aromatic N) is 4. The molecule has 9 aromatic rings. The molecule has 0 unspecified atom stereocenters. The molecule has 0 fully saturated rings. The van der Waals surface area contributed by atoms with Crippen molar-refractivity contribution in [2.45, 2.75) is 24.2 Å². The number of thiocarbonyl (C=S) groups is 1. The van der Waals surface area contributed by atoms with Gasteiger partial charge in [-0.05, 0) is 138 Å². The Morgan fingerprint density at radius 1 is 0.635 bits per heavy atom. The molecule has 0 saturated carbocycles. The first kappa shape index (κ1) is 63.5. The van der Waals surface area contributed by atoms with E-state index in [0.29, 0.717) is 52.3 Å². The number of rotatable bonds is 9. The SMILES string of the molecule is COc1ccc(-n2c(C(N)=O)nnc2-c2cc3c(cc2O)OCC3)cc1.COc1ccc(NC(=S)c2cc3c(cc2O)OCC3)cc1.COc1ccc(SC#N)cc1.N.NC(=O)C(N)=O.Oc1ccc2c(c1)OCC2.Oc1ccc2ccoc2c1. The Kier molecular flexibility index (Phi) is 22.7. The smallest absolute Gasteiger partial charge is 0.306 e. The summed E-state index contributed by atoms with van der Waals surface area (Å²) in [6.07, 6.45) is 4.15. The van der Waals surface area contributed by atoms with Crippen LogP contribution in [0, 0.1) is 10.7 Å². The summed E-state index contributed by atoms with van der Waals surface area (Å²) < 4.78 is 37.9. The molecule has 0 spiro atoms. The summed E-state index contributed by atoms with van der Waals surface area (Å²) in [4.78, 5) is 32.1. The van der Waals surface area contributed by atoms with Crippen molar-refractivity contribution in [3.63, 3.8) is 0 Å². The van der Waals surface area contributed by atoms with Gasteiger partial charge in [0.2, 0.25) is 5.82 Å². The number of thiocyanates is 1. The first-order valence-electron chi connectivity index (χ1n) is 25.2. The summed E-state index contributed by atoms with van der Waals surface area (Å²) in [5.41, 5.74) is 20.6. The third-order valence-electron chi connectivity index (χ3n) is 12.2. The molecule has 3 amide bonds. The van der Waals surface area contributed by atoms with E-state index >= 15 is 0 Å². The number of fused-ring (bicyclic) bond motifs is 4. The molecule has 440 valence electrons. The molecule has 7 aromatic carbocycles. The lowest BCUT2D eigenvalue weighted by atomic mass is 10.1. The van der Waals surface area contributed by atoms with Gasteiger partial charge in [0.05, 0.1) is 58.5 Å². The Bertz CT molecular complexity index is 3800. The van der Waals surface area contributed by atoms with Gasteiger partial charge < -0.3 is 81.9 Å². The molecule has 0 atom stereocenters. The van der Waals surface area contributed by atoms with Crippen molar-refractivity contribution >= 4 is 63.3 Å². The van der Waals surface area contributed by atoms with Crippen molar-refractivity contribution < 1.29 is 67.6 Å². The third kappa shape index (κ3) is 17.2. The minimum atomic E-state index is -1.10. The molecular weight excluding hydrogens is 1130 g/mol. The van der Waals surface area contributed by atoms with Crippen LogP contribution in [0.2, 0.25) is 0 Å². The normalized spacial score (nSPS) is 11.5. The Hall–Kier alpha value is -10.7. The van der Waals surface area contributed by atoms with Crippen molar-refractivity contribution in [1.82, 2.24) is 20.9 Å². The van der Waals surface area contributed by atoms with Crippen LogP contribution in [0.5, 0.6) is 57.5 Å². The monoisotopic (exact) mass is 1190 g/mol. The second kappa shape index (κ2) is 30.4. The number of phenols is 4. The number of thioether (sulfide) groups is 1. The molecule has 25 heteroatoms. The molecule has 0 aliphatic carbocycles. The quantitative estimate of drug-likeness (QED) is 0.0282. The Balaban J connectivity index is 0.000000174. The van der Waals surface area contributed by atoms with Gasteiger partial charge in [-0.2, -0.15) is 5.26 Å². The number of hydrogen-bond donors (Lipinski definition) is 9. The van der Waals surface area contributed by atoms with Crippen molar-refractivity contribution in [2.24, 2.45) is 17.2 Å². The van der Waals surface area contributed by atoms with Gasteiger partial charge in [0.1, 0.15) is 73.5 Å². The van der Waals surface area contributed by atoms with E-state index in [1.54, 1.807) is 94.3 Å². The molecule has 2 aromatic heterocycles. The summed E-state index contributed by atoms with van der Waals surface area (Å²) >= 11 is 6.52. The summed E-state index contributed by atoms with van der Waals surface area (Å²) in [6, 6.07) is 40.8. The van der Waals surface area contributed by atoms with Crippen LogP contribution in [0.1, 0.15) is 32.9 Å². The number of carbonyl (C=O) groups excluding carboxylic acids is 3. The number of nitriles is 1. The number of aromatic nitrogens is 3. The van der Waals surface area contributed by atoms with Crippen molar-refractivity contribution in [1.29, 1.82) is 5.26 Å². The van der Waals surface area contributed by atoms with E-state index in [1.807, 2.05) is 78.2 Å². The molecule has 12 rings (SSSR count). The number of phenolic OH excluding ortho intramolecular Hbond substituents is 4. The molecule has 3 aliphatic rings. The van der Waals surface area contributed by atoms with Crippen LogP contribution in [-0.4, -0.2) is 99.1 Å². The fourth-order valence-electron chi connectivity index (χ4n) is 8.05. The first-order chi connectivity index (χ1) is 40.5. The number of aromatic hydroxyl groups is 4. The fraction of sp³-hybridized carbons (Fsp3) is 0.150. The van der Waals surface area contributed by atoms with Gasteiger partial charge in [0.25, 0.3) is 5.91 Å². The predicted molar refractivity (Wildman–Crippen MR) is 321 cm³/mol. The molecule has 0 saturated heterocycles. The first-order valence-corrected chi connectivity index (χ1v) is 26.4. The number of anilines is 1. The number of amides is 3. The van der Waals surface area contributed by atoms with Crippen molar-refractivity contribution in [3.05, 3.63) is 174 Å². The molecule has 85 heavy (non-hydrogen) atoms. The lowest BCUT2D eigenvalue weighted by Crippen LogP contribution is -2.29. The van der Waals surface area contributed by atoms with E-state index in [-0.39, 0.29) is 35.0 Å². The lowest BCUT2D eigenvalue weighted by Gasteiger charge is -2.12. The maximum Gasteiger partial charge on any atom is 0.306 e. The standard InChI is InChI=1S/C18H16N4O4.C16H15NO3S.C8H7NOS.C8H8O2.C8H6O2.C2H4N2O2.H3N/c1-25-12-4-2-11(3-5-12)22-17(20-21-18(22)16(19)24)13-8-10-6-7-26-15(10)9-14(13)23;1-19-12-4-2-11(3-5-12)17-16(21)13-8-10-6-7-20-15(10)9-14(13)18;1-10-7-2-4-8(5-3-7)11-6-9;2*9-7-2-1-6-3-4-10-8(6)5-7;3-1(5)2(4)6;/h2-5,8-9,23H,6-7H2,1H3,(H2,19,24);2-5,8-9,18H,6-7H2,1H3,(H,17,21);2-5H,1H3;1-2,5,9H,3-4H2;1-5,9H;(H2,3,5)(H2,4,6);1H3. The van der Waals surface area contributed by atoms with Crippen molar-refractivity contribution in [3.8, 4) is 80.0 Å². The van der Waals surface area contributed by atoms with Gasteiger partial charge in [-0.15, -0.1) is 10.2 Å². The largest absolute Gasteiger partial charge is 0.508 e. The topological polar surface area (TPSA) is 380 Å². The molecule has 0 radical (unpaired) electrons. The number of carbonyl (C=O) groups is 3. The predicted octanol–water partition coefficient (Wildman–Crippen LogP) is 8.66. The van der Waals surface area contributed by atoms with Crippen molar-refractivity contribution in [2.75, 3.05) is 46.5 Å². The van der Waals surface area contributed by atoms with E-state index in [4.69, 9.17) is 66.3 Å². The van der Waals surface area contributed by atoms with Crippen LogP contribution < -0.4 is 57.1 Å². The summed E-state index contributed by atoms with van der Waals surface area (Å²) in [6.45, 7) is 1.96.